The molecule has 3 aromatic carbocycles. The van der Waals surface area contributed by atoms with E-state index in [1.54, 1.807) is 24.1 Å². The van der Waals surface area contributed by atoms with Crippen molar-refractivity contribution in [2.75, 3.05) is 13.7 Å². The second kappa shape index (κ2) is 9.07. The van der Waals surface area contributed by atoms with Gasteiger partial charge in [-0.2, -0.15) is 5.26 Å². The number of likely N-dealkylation sites (N-methyl/N-ethyl adjacent to an activating group) is 1. The van der Waals surface area contributed by atoms with Crippen molar-refractivity contribution in [1.82, 2.24) is 4.90 Å². The summed E-state index contributed by atoms with van der Waals surface area (Å²) in [5.74, 6) is 0.191. The van der Waals surface area contributed by atoms with E-state index in [4.69, 9.17) is 21.6 Å². The minimum absolute atomic E-state index is 0.154. The van der Waals surface area contributed by atoms with Crippen LogP contribution in [0.15, 0.2) is 78.9 Å². The second-order valence-corrected chi connectivity index (χ2v) is 6.68. The molecule has 0 spiro atoms. The minimum atomic E-state index is -0.227. The molecule has 0 N–H and O–H groups in total. The number of benzene rings is 3. The third kappa shape index (κ3) is 4.51. The largest absolute Gasteiger partial charge is 0.482 e. The van der Waals surface area contributed by atoms with Gasteiger partial charge in [-0.3, -0.25) is 4.79 Å². The van der Waals surface area contributed by atoms with Crippen molar-refractivity contribution in [1.29, 1.82) is 5.26 Å². The van der Waals surface area contributed by atoms with Gasteiger partial charge in [0.25, 0.3) is 5.91 Å². The van der Waals surface area contributed by atoms with Gasteiger partial charge in [-0.25, -0.2) is 0 Å². The SMILES string of the molecule is CN(C(=O)COc1ccc(C#N)cc1Cl)C(c1ccccc1)c1ccccc1. The van der Waals surface area contributed by atoms with Crippen molar-refractivity contribution in [3.8, 4) is 11.8 Å². The van der Waals surface area contributed by atoms with Crippen LogP contribution in [0.1, 0.15) is 22.7 Å². The van der Waals surface area contributed by atoms with Gasteiger partial charge in [0.1, 0.15) is 5.75 Å². The maximum Gasteiger partial charge on any atom is 0.261 e. The van der Waals surface area contributed by atoms with E-state index in [2.05, 4.69) is 0 Å². The third-order valence-electron chi connectivity index (χ3n) is 4.42. The predicted octanol–water partition coefficient (Wildman–Crippen LogP) is 4.84. The first-order valence-corrected chi connectivity index (χ1v) is 9.16. The van der Waals surface area contributed by atoms with Crippen LogP contribution in [-0.4, -0.2) is 24.5 Å². The Balaban J connectivity index is 1.78. The van der Waals surface area contributed by atoms with Crippen molar-refractivity contribution in [3.63, 3.8) is 0 Å². The summed E-state index contributed by atoms with van der Waals surface area (Å²) in [7, 11) is 1.76. The van der Waals surface area contributed by atoms with Gasteiger partial charge in [-0.05, 0) is 29.3 Å². The number of halogens is 1. The Morgan fingerprint density at radius 1 is 1.04 bits per heavy atom. The van der Waals surface area contributed by atoms with E-state index >= 15 is 0 Å². The Labute approximate surface area is 169 Å². The lowest BCUT2D eigenvalue weighted by Gasteiger charge is -2.29. The van der Waals surface area contributed by atoms with Gasteiger partial charge >= 0.3 is 0 Å². The number of nitrogens with zero attached hydrogens (tertiary/aromatic N) is 2. The Bertz CT molecular complexity index is 945. The number of hydrogen-bond acceptors (Lipinski definition) is 3. The Hall–Kier alpha value is -3.29. The highest BCUT2D eigenvalue weighted by Gasteiger charge is 2.23. The first-order valence-electron chi connectivity index (χ1n) is 8.78. The highest BCUT2D eigenvalue weighted by atomic mass is 35.5. The number of carbonyl (C=O) groups is 1. The first-order chi connectivity index (χ1) is 13.6. The Morgan fingerprint density at radius 3 is 2.11 bits per heavy atom. The normalized spacial score (nSPS) is 10.4. The molecule has 5 heteroatoms. The second-order valence-electron chi connectivity index (χ2n) is 6.27. The molecule has 0 aliphatic carbocycles. The first kappa shape index (κ1) is 19.5. The number of hydrogen-bond donors (Lipinski definition) is 0. The van der Waals surface area contributed by atoms with Crippen molar-refractivity contribution in [3.05, 3.63) is 101 Å². The fourth-order valence-electron chi connectivity index (χ4n) is 2.98. The third-order valence-corrected chi connectivity index (χ3v) is 4.72. The molecule has 0 saturated heterocycles. The lowest BCUT2D eigenvalue weighted by Crippen LogP contribution is -2.35. The molecule has 140 valence electrons. The molecule has 4 nitrogen and oxygen atoms in total. The molecule has 0 fully saturated rings. The highest BCUT2D eigenvalue weighted by Crippen LogP contribution is 2.28. The van der Waals surface area contributed by atoms with Crippen LogP contribution in [-0.2, 0) is 4.79 Å². The summed E-state index contributed by atoms with van der Waals surface area (Å²) in [6.45, 7) is -0.154. The summed E-state index contributed by atoms with van der Waals surface area (Å²) < 4.78 is 5.61. The van der Waals surface area contributed by atoms with Crippen LogP contribution < -0.4 is 4.74 Å². The average molecular weight is 391 g/mol. The zero-order chi connectivity index (χ0) is 19.9. The Kier molecular flexibility index (Phi) is 6.31. The van der Waals surface area contributed by atoms with E-state index in [1.807, 2.05) is 66.7 Å². The van der Waals surface area contributed by atoms with Crippen LogP contribution in [0, 0.1) is 11.3 Å². The zero-order valence-corrected chi connectivity index (χ0v) is 16.1. The molecule has 0 radical (unpaired) electrons. The molecule has 0 heterocycles. The monoisotopic (exact) mass is 390 g/mol. The molecule has 0 saturated carbocycles. The van der Waals surface area contributed by atoms with Crippen molar-refractivity contribution in [2.45, 2.75) is 6.04 Å². The number of ether oxygens (including phenoxy) is 1. The molecule has 0 aromatic heterocycles. The number of nitriles is 1. The van der Waals surface area contributed by atoms with Crippen molar-refractivity contribution < 1.29 is 9.53 Å². The van der Waals surface area contributed by atoms with Crippen LogP contribution in [0.2, 0.25) is 5.02 Å². The van der Waals surface area contributed by atoms with E-state index in [0.717, 1.165) is 11.1 Å². The fourth-order valence-corrected chi connectivity index (χ4v) is 3.22. The molecule has 28 heavy (non-hydrogen) atoms. The minimum Gasteiger partial charge on any atom is -0.482 e. The molecular formula is C23H19ClN2O2. The molecule has 0 aliphatic heterocycles. The molecule has 0 unspecified atom stereocenters. The lowest BCUT2D eigenvalue weighted by atomic mass is 9.97. The van der Waals surface area contributed by atoms with E-state index in [1.165, 1.54) is 6.07 Å². The topological polar surface area (TPSA) is 53.3 Å². The maximum absolute atomic E-state index is 12.8. The summed E-state index contributed by atoms with van der Waals surface area (Å²) in [5.41, 5.74) is 2.47. The molecule has 0 aliphatic rings. The van der Waals surface area contributed by atoms with Crippen molar-refractivity contribution in [2.24, 2.45) is 0 Å². The highest BCUT2D eigenvalue weighted by molar-refractivity contribution is 6.32. The summed E-state index contributed by atoms with van der Waals surface area (Å²) in [4.78, 5) is 14.5. The number of carbonyl (C=O) groups excluding carboxylic acids is 1. The number of amides is 1. The fraction of sp³-hybridized carbons (Fsp3) is 0.130. The van der Waals surface area contributed by atoms with Gasteiger partial charge in [-0.1, -0.05) is 72.3 Å². The van der Waals surface area contributed by atoms with Gasteiger partial charge in [-0.15, -0.1) is 0 Å². The molecule has 3 aromatic rings. The van der Waals surface area contributed by atoms with E-state index in [9.17, 15) is 4.79 Å². The van der Waals surface area contributed by atoms with Crippen LogP contribution in [0.5, 0.6) is 5.75 Å². The van der Waals surface area contributed by atoms with Gasteiger partial charge in [0.2, 0.25) is 0 Å². The van der Waals surface area contributed by atoms with Gasteiger partial charge in [0.05, 0.1) is 22.7 Å². The van der Waals surface area contributed by atoms with E-state index in [0.29, 0.717) is 16.3 Å². The van der Waals surface area contributed by atoms with Gasteiger partial charge < -0.3 is 9.64 Å². The maximum atomic E-state index is 12.8. The molecule has 3 rings (SSSR count). The smallest absolute Gasteiger partial charge is 0.261 e. The van der Waals surface area contributed by atoms with Crippen LogP contribution >= 0.6 is 11.6 Å². The quantitative estimate of drug-likeness (QED) is 0.605. The molecule has 0 bridgehead atoms. The molecule has 0 atom stereocenters. The summed E-state index contributed by atoms with van der Waals surface area (Å²) in [5, 5.41) is 9.21. The standard InChI is InChI=1S/C23H19ClN2O2/c1-26(22(27)16-28-21-13-12-17(15-25)14-20(21)24)23(18-8-4-2-5-9-18)19-10-6-3-7-11-19/h2-14,23H,16H2,1H3. The van der Waals surface area contributed by atoms with Crippen LogP contribution in [0.3, 0.4) is 0 Å². The van der Waals surface area contributed by atoms with E-state index in [-0.39, 0.29) is 18.6 Å². The van der Waals surface area contributed by atoms with Gasteiger partial charge in [0.15, 0.2) is 6.61 Å². The van der Waals surface area contributed by atoms with E-state index < -0.39 is 0 Å². The summed E-state index contributed by atoms with van der Waals surface area (Å²) in [6.07, 6.45) is 0. The zero-order valence-electron chi connectivity index (χ0n) is 15.4. The summed E-state index contributed by atoms with van der Waals surface area (Å²) in [6, 6.07) is 26.2. The van der Waals surface area contributed by atoms with Gasteiger partial charge in [0, 0.05) is 7.05 Å². The van der Waals surface area contributed by atoms with Crippen LogP contribution in [0.25, 0.3) is 0 Å². The Morgan fingerprint density at radius 2 is 1.61 bits per heavy atom. The predicted molar refractivity (Wildman–Crippen MR) is 109 cm³/mol. The molecule has 1 amide bonds. The summed E-state index contributed by atoms with van der Waals surface area (Å²) >= 11 is 6.12. The molecular weight excluding hydrogens is 372 g/mol. The van der Waals surface area contributed by atoms with Crippen LogP contribution in [0.4, 0.5) is 0 Å². The average Bonchev–Trinajstić information content (AvgIpc) is 2.74. The van der Waals surface area contributed by atoms with Crippen molar-refractivity contribution >= 4 is 17.5 Å². The number of rotatable bonds is 6. The lowest BCUT2D eigenvalue weighted by molar-refractivity contribution is -0.133.